The van der Waals surface area contributed by atoms with Crippen molar-refractivity contribution >= 4 is 21.7 Å². The average Bonchev–Trinajstić information content (AvgIpc) is 3.40. The van der Waals surface area contributed by atoms with Gasteiger partial charge < -0.3 is 14.5 Å². The number of ether oxygens (including phenoxy) is 1. The van der Waals surface area contributed by atoms with Crippen LogP contribution in [0.15, 0.2) is 35.2 Å². The molecule has 28 heavy (non-hydrogen) atoms. The van der Waals surface area contributed by atoms with E-state index in [0.29, 0.717) is 50.1 Å². The number of rotatable bonds is 5. The van der Waals surface area contributed by atoms with Crippen molar-refractivity contribution < 1.29 is 17.9 Å². The second kappa shape index (κ2) is 7.84. The Balaban J connectivity index is 1.37. The van der Waals surface area contributed by atoms with Gasteiger partial charge in [-0.05, 0) is 23.8 Å². The molecule has 0 spiro atoms. The Morgan fingerprint density at radius 2 is 1.89 bits per heavy atom. The fourth-order valence-corrected chi connectivity index (χ4v) is 5.14. The number of amides is 1. The van der Waals surface area contributed by atoms with Crippen molar-refractivity contribution in [2.45, 2.75) is 23.1 Å². The van der Waals surface area contributed by atoms with E-state index in [0.717, 1.165) is 0 Å². The molecule has 150 valence electrons. The fraction of sp³-hybridized carbons (Fsp3) is 0.529. The smallest absolute Gasteiger partial charge is 0.266 e. The maximum atomic E-state index is 12.7. The SMILES string of the molecule is O=C(Cn1nnc(N2CCOCC2)n1)N1CCC(S(=O)(=O)c2ccccc2)C1. The zero-order valence-electron chi connectivity index (χ0n) is 15.3. The quantitative estimate of drug-likeness (QED) is 0.659. The van der Waals surface area contributed by atoms with Gasteiger partial charge in [-0.1, -0.05) is 23.3 Å². The minimum atomic E-state index is -3.45. The highest BCUT2D eigenvalue weighted by molar-refractivity contribution is 7.92. The van der Waals surface area contributed by atoms with Gasteiger partial charge in [0.2, 0.25) is 5.91 Å². The highest BCUT2D eigenvalue weighted by atomic mass is 32.2. The number of benzene rings is 1. The second-order valence-electron chi connectivity index (χ2n) is 6.83. The lowest BCUT2D eigenvalue weighted by Gasteiger charge is -2.24. The molecule has 2 aliphatic rings. The summed E-state index contributed by atoms with van der Waals surface area (Å²) in [5.74, 6) is 0.263. The Labute approximate surface area is 163 Å². The molecule has 2 aliphatic heterocycles. The monoisotopic (exact) mass is 406 g/mol. The van der Waals surface area contributed by atoms with Crippen molar-refractivity contribution in [3.8, 4) is 0 Å². The predicted molar refractivity (Wildman–Crippen MR) is 99.5 cm³/mol. The van der Waals surface area contributed by atoms with Gasteiger partial charge in [-0.15, -0.1) is 5.10 Å². The van der Waals surface area contributed by atoms with Crippen molar-refractivity contribution in [2.75, 3.05) is 44.3 Å². The first-order chi connectivity index (χ1) is 13.5. The average molecular weight is 406 g/mol. The Morgan fingerprint density at radius 3 is 2.64 bits per heavy atom. The van der Waals surface area contributed by atoms with Crippen LogP contribution in [0.25, 0.3) is 0 Å². The van der Waals surface area contributed by atoms with E-state index >= 15 is 0 Å². The van der Waals surface area contributed by atoms with E-state index in [1.807, 2.05) is 4.90 Å². The minimum Gasteiger partial charge on any atom is -0.378 e. The summed E-state index contributed by atoms with van der Waals surface area (Å²) >= 11 is 0. The molecule has 1 aromatic heterocycles. The molecule has 0 bridgehead atoms. The van der Waals surface area contributed by atoms with Crippen LogP contribution < -0.4 is 4.90 Å². The van der Waals surface area contributed by atoms with Gasteiger partial charge in [-0.2, -0.15) is 4.80 Å². The first-order valence-electron chi connectivity index (χ1n) is 9.21. The van der Waals surface area contributed by atoms with E-state index in [1.54, 1.807) is 35.2 Å². The number of carbonyl (C=O) groups excluding carboxylic acids is 1. The zero-order valence-corrected chi connectivity index (χ0v) is 16.2. The van der Waals surface area contributed by atoms with E-state index in [-0.39, 0.29) is 19.0 Å². The van der Waals surface area contributed by atoms with Gasteiger partial charge in [0.15, 0.2) is 9.84 Å². The molecule has 3 heterocycles. The Bertz CT molecular complexity index is 926. The van der Waals surface area contributed by atoms with Crippen molar-refractivity contribution in [3.63, 3.8) is 0 Å². The van der Waals surface area contributed by atoms with Gasteiger partial charge in [0.1, 0.15) is 6.54 Å². The maximum absolute atomic E-state index is 12.7. The Morgan fingerprint density at radius 1 is 1.14 bits per heavy atom. The molecule has 0 saturated carbocycles. The van der Waals surface area contributed by atoms with E-state index in [2.05, 4.69) is 15.4 Å². The highest BCUT2D eigenvalue weighted by Crippen LogP contribution is 2.24. The van der Waals surface area contributed by atoms with Crippen molar-refractivity contribution in [2.24, 2.45) is 0 Å². The first-order valence-corrected chi connectivity index (χ1v) is 10.8. The summed E-state index contributed by atoms with van der Waals surface area (Å²) in [5, 5.41) is 11.6. The normalized spacial score (nSPS) is 20.5. The van der Waals surface area contributed by atoms with Crippen LogP contribution in [-0.2, 0) is 25.9 Å². The van der Waals surface area contributed by atoms with Gasteiger partial charge in [-0.25, -0.2) is 8.42 Å². The summed E-state index contributed by atoms with van der Waals surface area (Å²) in [4.78, 5) is 17.6. The van der Waals surface area contributed by atoms with E-state index < -0.39 is 15.1 Å². The molecule has 0 radical (unpaired) electrons. The molecule has 1 aromatic carbocycles. The van der Waals surface area contributed by atoms with Crippen LogP contribution in [-0.4, -0.2) is 84.1 Å². The molecule has 1 atom stereocenters. The number of carbonyl (C=O) groups is 1. The molecule has 10 nitrogen and oxygen atoms in total. The third-order valence-corrected chi connectivity index (χ3v) is 7.21. The second-order valence-corrected chi connectivity index (χ2v) is 9.06. The van der Waals surface area contributed by atoms with Crippen molar-refractivity contribution in [1.29, 1.82) is 0 Å². The summed E-state index contributed by atoms with van der Waals surface area (Å²) in [7, 11) is -3.45. The van der Waals surface area contributed by atoms with Crippen LogP contribution in [0.3, 0.4) is 0 Å². The molecule has 11 heteroatoms. The number of nitrogens with zero attached hydrogens (tertiary/aromatic N) is 6. The van der Waals surface area contributed by atoms with Gasteiger partial charge in [0.25, 0.3) is 5.95 Å². The third-order valence-electron chi connectivity index (χ3n) is 5.02. The summed E-state index contributed by atoms with van der Waals surface area (Å²) in [6.07, 6.45) is 0.423. The number of morpholine rings is 1. The molecule has 1 amide bonds. The van der Waals surface area contributed by atoms with Crippen molar-refractivity contribution in [3.05, 3.63) is 30.3 Å². The van der Waals surface area contributed by atoms with Crippen LogP contribution in [0, 0.1) is 0 Å². The molecular weight excluding hydrogens is 384 g/mol. The van der Waals surface area contributed by atoms with Crippen molar-refractivity contribution in [1.82, 2.24) is 25.1 Å². The lowest BCUT2D eigenvalue weighted by molar-refractivity contribution is -0.131. The highest BCUT2D eigenvalue weighted by Gasteiger charge is 2.36. The van der Waals surface area contributed by atoms with Crippen LogP contribution in [0.1, 0.15) is 6.42 Å². The number of aromatic nitrogens is 4. The molecular formula is C17H22N6O4S. The summed E-state index contributed by atoms with van der Waals surface area (Å²) < 4.78 is 30.8. The first kappa shape index (κ1) is 18.8. The van der Waals surface area contributed by atoms with Crippen LogP contribution in [0.2, 0.25) is 0 Å². The number of anilines is 1. The number of tetrazole rings is 1. The summed E-state index contributed by atoms with van der Waals surface area (Å²) in [6, 6.07) is 8.36. The number of hydrogen-bond donors (Lipinski definition) is 0. The van der Waals surface area contributed by atoms with Crippen LogP contribution in [0.4, 0.5) is 5.95 Å². The molecule has 4 rings (SSSR count). The Kier molecular flexibility index (Phi) is 5.27. The minimum absolute atomic E-state index is 0.0601. The third kappa shape index (κ3) is 3.85. The summed E-state index contributed by atoms with van der Waals surface area (Å²) in [5.41, 5.74) is 0. The van der Waals surface area contributed by atoms with E-state index in [9.17, 15) is 13.2 Å². The van der Waals surface area contributed by atoms with E-state index in [4.69, 9.17) is 4.74 Å². The largest absolute Gasteiger partial charge is 0.378 e. The topological polar surface area (TPSA) is 111 Å². The Hall–Kier alpha value is -2.53. The van der Waals surface area contributed by atoms with E-state index in [1.165, 1.54) is 4.80 Å². The molecule has 2 aromatic rings. The molecule has 2 saturated heterocycles. The summed E-state index contributed by atoms with van der Waals surface area (Å²) in [6.45, 7) is 3.11. The number of likely N-dealkylation sites (tertiary alicyclic amines) is 1. The molecule has 2 fully saturated rings. The molecule has 1 unspecified atom stereocenters. The molecule has 0 N–H and O–H groups in total. The van der Waals surface area contributed by atoms with Gasteiger partial charge in [0.05, 0.1) is 23.4 Å². The zero-order chi connectivity index (χ0) is 19.6. The fourth-order valence-electron chi connectivity index (χ4n) is 3.42. The lowest BCUT2D eigenvalue weighted by Crippen LogP contribution is -2.37. The molecule has 0 aliphatic carbocycles. The standard InChI is InChI=1S/C17H22N6O4S/c24-16(13-23-19-17(18-20-23)21-8-10-27-11-9-21)22-7-6-15(12-22)28(25,26)14-4-2-1-3-5-14/h1-5,15H,6-13H2. The van der Waals surface area contributed by atoms with Crippen LogP contribution >= 0.6 is 0 Å². The predicted octanol–water partition coefficient (Wildman–Crippen LogP) is -0.415. The van der Waals surface area contributed by atoms with Gasteiger partial charge in [0, 0.05) is 26.2 Å². The van der Waals surface area contributed by atoms with Gasteiger partial charge in [-0.3, -0.25) is 4.79 Å². The lowest BCUT2D eigenvalue weighted by atomic mass is 10.4. The number of hydrogen-bond acceptors (Lipinski definition) is 8. The van der Waals surface area contributed by atoms with Crippen LogP contribution in [0.5, 0.6) is 0 Å². The number of sulfone groups is 1. The maximum Gasteiger partial charge on any atom is 0.266 e. The van der Waals surface area contributed by atoms with Gasteiger partial charge >= 0.3 is 0 Å².